The van der Waals surface area contributed by atoms with Crippen LogP contribution in [0.1, 0.15) is 20.8 Å². The minimum Gasteiger partial charge on any atom is -0.353 e. The zero-order chi connectivity index (χ0) is 12.4. The summed E-state index contributed by atoms with van der Waals surface area (Å²) in [6, 6.07) is 0. The van der Waals surface area contributed by atoms with Crippen molar-refractivity contribution in [2.45, 2.75) is 33.3 Å². The average Bonchev–Trinajstić information content (AvgIpc) is 2.28. The Morgan fingerprint density at radius 1 is 1.19 bits per heavy atom. The van der Waals surface area contributed by atoms with Gasteiger partial charge in [0.05, 0.1) is 0 Å². The monoisotopic (exact) mass is 231 g/mol. The summed E-state index contributed by atoms with van der Waals surface area (Å²) in [5.41, 5.74) is 0. The highest BCUT2D eigenvalue weighted by Crippen LogP contribution is 2.04. The minimum atomic E-state index is -0.615. The molecule has 1 unspecified atom stereocenters. The van der Waals surface area contributed by atoms with Crippen LogP contribution in [0.3, 0.4) is 0 Å². The molecular weight excluding hydrogens is 210 g/mol. The number of amides is 1. The normalized spacial score (nSPS) is 12.5. The molecule has 1 atom stereocenters. The molecule has 0 heterocycles. The lowest BCUT2D eigenvalue weighted by atomic mass is 10.4. The fraction of sp³-hybridized carbons (Fsp3) is 0.727. The lowest BCUT2D eigenvalue weighted by Crippen LogP contribution is -2.47. The molecule has 0 aliphatic carbocycles. The second-order valence-corrected chi connectivity index (χ2v) is 2.87. The van der Waals surface area contributed by atoms with E-state index < -0.39 is 12.5 Å². The molecular formula is C11H21NO4. The van der Waals surface area contributed by atoms with Crippen LogP contribution in [-0.4, -0.2) is 38.2 Å². The molecule has 0 fully saturated rings. The van der Waals surface area contributed by atoms with Gasteiger partial charge in [0.2, 0.25) is 12.2 Å². The maximum atomic E-state index is 11.2. The molecule has 0 aliphatic heterocycles. The molecule has 0 aromatic carbocycles. The maximum Gasteiger partial charge on any atom is 0.245 e. The number of rotatable bonds is 9. The van der Waals surface area contributed by atoms with Gasteiger partial charge in [0.25, 0.3) is 0 Å². The van der Waals surface area contributed by atoms with Crippen LogP contribution in [0.4, 0.5) is 0 Å². The number of hydrogen-bond acceptors (Lipinski definition) is 4. The molecule has 0 aliphatic rings. The first-order valence-electron chi connectivity index (χ1n) is 5.47. The number of ether oxygens (including phenoxy) is 3. The highest BCUT2D eigenvalue weighted by Gasteiger charge is 2.23. The first kappa shape index (κ1) is 15.1. The standard InChI is InChI=1S/C11H21NO4/c1-5-9(13)12-10(14-6-2)11(15-7-3)16-8-4/h5,10-11H,1,6-8H2,2-4H3,(H,12,13). The number of nitrogens with one attached hydrogen (secondary N) is 1. The molecule has 0 bridgehead atoms. The maximum absolute atomic E-state index is 11.2. The van der Waals surface area contributed by atoms with Gasteiger partial charge in [-0.3, -0.25) is 4.79 Å². The van der Waals surface area contributed by atoms with Crippen molar-refractivity contribution >= 4 is 5.91 Å². The largest absolute Gasteiger partial charge is 0.353 e. The summed E-state index contributed by atoms with van der Waals surface area (Å²) in [5.74, 6) is -0.317. The Morgan fingerprint density at radius 3 is 2.06 bits per heavy atom. The van der Waals surface area contributed by atoms with Crippen LogP contribution in [0, 0.1) is 0 Å². The number of carbonyl (C=O) groups is 1. The van der Waals surface area contributed by atoms with E-state index in [1.807, 2.05) is 20.8 Å². The zero-order valence-corrected chi connectivity index (χ0v) is 10.2. The summed E-state index contributed by atoms with van der Waals surface area (Å²) in [7, 11) is 0. The summed E-state index contributed by atoms with van der Waals surface area (Å²) in [4.78, 5) is 11.2. The quantitative estimate of drug-likeness (QED) is 0.476. The molecule has 0 radical (unpaired) electrons. The Kier molecular flexibility index (Phi) is 8.80. The van der Waals surface area contributed by atoms with Crippen LogP contribution in [-0.2, 0) is 19.0 Å². The van der Waals surface area contributed by atoms with Gasteiger partial charge in [-0.1, -0.05) is 6.58 Å². The van der Waals surface area contributed by atoms with Crippen LogP contribution in [0.5, 0.6) is 0 Å². The molecule has 94 valence electrons. The smallest absolute Gasteiger partial charge is 0.245 e. The fourth-order valence-corrected chi connectivity index (χ4v) is 1.12. The third-order valence-corrected chi connectivity index (χ3v) is 1.73. The van der Waals surface area contributed by atoms with Crippen molar-refractivity contribution in [3.05, 3.63) is 12.7 Å². The molecule has 1 N–H and O–H groups in total. The number of hydrogen-bond donors (Lipinski definition) is 1. The molecule has 0 aromatic heterocycles. The highest BCUT2D eigenvalue weighted by molar-refractivity contribution is 5.86. The van der Waals surface area contributed by atoms with Crippen molar-refractivity contribution in [2.24, 2.45) is 0 Å². The molecule has 5 heteroatoms. The van der Waals surface area contributed by atoms with Crippen LogP contribution < -0.4 is 5.32 Å². The van der Waals surface area contributed by atoms with Gasteiger partial charge in [0, 0.05) is 19.8 Å². The first-order chi connectivity index (χ1) is 7.69. The van der Waals surface area contributed by atoms with Crippen molar-refractivity contribution in [3.63, 3.8) is 0 Å². The summed E-state index contributed by atoms with van der Waals surface area (Å²) in [6.45, 7) is 10.3. The third kappa shape index (κ3) is 5.85. The molecule has 16 heavy (non-hydrogen) atoms. The molecule has 0 saturated heterocycles. The molecule has 1 amide bonds. The van der Waals surface area contributed by atoms with Gasteiger partial charge in [-0.05, 0) is 26.8 Å². The van der Waals surface area contributed by atoms with Crippen molar-refractivity contribution in [2.75, 3.05) is 19.8 Å². The van der Waals surface area contributed by atoms with E-state index in [2.05, 4.69) is 11.9 Å². The Hall–Kier alpha value is -0.910. The van der Waals surface area contributed by atoms with E-state index in [4.69, 9.17) is 14.2 Å². The average molecular weight is 231 g/mol. The lowest BCUT2D eigenvalue weighted by Gasteiger charge is -2.26. The van der Waals surface area contributed by atoms with Gasteiger partial charge in [0.1, 0.15) is 0 Å². The van der Waals surface area contributed by atoms with Gasteiger partial charge < -0.3 is 19.5 Å². The predicted molar refractivity (Wildman–Crippen MR) is 60.8 cm³/mol. The van der Waals surface area contributed by atoms with Crippen molar-refractivity contribution < 1.29 is 19.0 Å². The van der Waals surface area contributed by atoms with E-state index >= 15 is 0 Å². The molecule has 0 aromatic rings. The number of carbonyl (C=O) groups excluding carboxylic acids is 1. The second kappa shape index (κ2) is 9.33. The van der Waals surface area contributed by atoms with E-state index in [9.17, 15) is 4.79 Å². The van der Waals surface area contributed by atoms with Crippen LogP contribution in [0.25, 0.3) is 0 Å². The molecule has 0 spiro atoms. The Bertz CT molecular complexity index is 202. The zero-order valence-electron chi connectivity index (χ0n) is 10.2. The van der Waals surface area contributed by atoms with E-state index in [1.165, 1.54) is 6.08 Å². The Labute approximate surface area is 96.8 Å². The lowest BCUT2D eigenvalue weighted by molar-refractivity contribution is -0.210. The topological polar surface area (TPSA) is 56.8 Å². The highest BCUT2D eigenvalue weighted by atomic mass is 16.7. The molecule has 0 rings (SSSR count). The van der Waals surface area contributed by atoms with Crippen molar-refractivity contribution in [1.29, 1.82) is 0 Å². The fourth-order valence-electron chi connectivity index (χ4n) is 1.12. The third-order valence-electron chi connectivity index (χ3n) is 1.73. The SMILES string of the molecule is C=CC(=O)NC(OCC)C(OCC)OCC. The summed E-state index contributed by atoms with van der Waals surface area (Å²) in [5, 5.41) is 2.61. The van der Waals surface area contributed by atoms with E-state index in [0.29, 0.717) is 19.8 Å². The van der Waals surface area contributed by atoms with Gasteiger partial charge in [-0.15, -0.1) is 0 Å². The van der Waals surface area contributed by atoms with Crippen molar-refractivity contribution in [3.8, 4) is 0 Å². The summed E-state index contributed by atoms with van der Waals surface area (Å²) >= 11 is 0. The van der Waals surface area contributed by atoms with E-state index in [1.54, 1.807) is 0 Å². The summed E-state index contributed by atoms with van der Waals surface area (Å²) < 4.78 is 16.0. The van der Waals surface area contributed by atoms with Crippen LogP contribution in [0.2, 0.25) is 0 Å². The van der Waals surface area contributed by atoms with Crippen molar-refractivity contribution in [1.82, 2.24) is 5.32 Å². The summed E-state index contributed by atoms with van der Waals surface area (Å²) in [6.07, 6.45) is -0.0321. The van der Waals surface area contributed by atoms with Crippen LogP contribution >= 0.6 is 0 Å². The van der Waals surface area contributed by atoms with E-state index in [-0.39, 0.29) is 5.91 Å². The van der Waals surface area contributed by atoms with Gasteiger partial charge in [0.15, 0.2) is 6.23 Å². The van der Waals surface area contributed by atoms with Gasteiger partial charge in [-0.25, -0.2) is 0 Å². The van der Waals surface area contributed by atoms with Gasteiger partial charge >= 0.3 is 0 Å². The molecule has 0 saturated carbocycles. The van der Waals surface area contributed by atoms with Gasteiger partial charge in [-0.2, -0.15) is 0 Å². The molecule has 5 nitrogen and oxygen atoms in total. The predicted octanol–water partition coefficient (Wildman–Crippen LogP) is 1.05. The Balaban J connectivity index is 4.41. The first-order valence-corrected chi connectivity index (χ1v) is 5.47. The van der Waals surface area contributed by atoms with E-state index in [0.717, 1.165) is 0 Å². The second-order valence-electron chi connectivity index (χ2n) is 2.87. The van der Waals surface area contributed by atoms with Crippen LogP contribution in [0.15, 0.2) is 12.7 Å². The Morgan fingerprint density at radius 2 is 1.69 bits per heavy atom. The minimum absolute atomic E-state index is 0.317.